The minimum atomic E-state index is -3.26. The molecule has 3 nitrogen and oxygen atoms in total. The standard InChI is InChI=1S/C10H13ClO3S/c1-2-14-6-7-15(12,13)10-5-3-4-9(11)8-10/h3-5,8H,2,6-7H2,1H3. The van der Waals surface area contributed by atoms with Crippen molar-refractivity contribution in [3.63, 3.8) is 0 Å². The van der Waals surface area contributed by atoms with Gasteiger partial charge in [0.2, 0.25) is 0 Å². The van der Waals surface area contributed by atoms with Crippen molar-refractivity contribution in [3.05, 3.63) is 29.3 Å². The highest BCUT2D eigenvalue weighted by Gasteiger charge is 2.13. The molecule has 0 aliphatic heterocycles. The van der Waals surface area contributed by atoms with E-state index in [1.54, 1.807) is 12.1 Å². The van der Waals surface area contributed by atoms with Crippen molar-refractivity contribution in [1.82, 2.24) is 0 Å². The molecule has 0 aromatic heterocycles. The van der Waals surface area contributed by atoms with Crippen LogP contribution in [0.2, 0.25) is 5.02 Å². The van der Waals surface area contributed by atoms with Gasteiger partial charge in [0.15, 0.2) is 9.84 Å². The summed E-state index contributed by atoms with van der Waals surface area (Å²) in [5.41, 5.74) is 0. The fourth-order valence-corrected chi connectivity index (χ4v) is 2.51. The van der Waals surface area contributed by atoms with Crippen molar-refractivity contribution in [1.29, 1.82) is 0 Å². The molecule has 0 aliphatic carbocycles. The summed E-state index contributed by atoms with van der Waals surface area (Å²) in [6.45, 7) is 2.56. The van der Waals surface area contributed by atoms with Gasteiger partial charge >= 0.3 is 0 Å². The first-order valence-electron chi connectivity index (χ1n) is 4.62. The molecule has 1 rings (SSSR count). The number of sulfone groups is 1. The number of benzene rings is 1. The van der Waals surface area contributed by atoms with Gasteiger partial charge < -0.3 is 4.74 Å². The highest BCUT2D eigenvalue weighted by Crippen LogP contribution is 2.16. The van der Waals surface area contributed by atoms with Crippen LogP contribution in [0.4, 0.5) is 0 Å². The average molecular weight is 249 g/mol. The molecule has 0 aliphatic rings. The van der Waals surface area contributed by atoms with Crippen LogP contribution in [0.5, 0.6) is 0 Å². The molecule has 0 N–H and O–H groups in total. The maximum Gasteiger partial charge on any atom is 0.180 e. The van der Waals surface area contributed by atoms with E-state index in [-0.39, 0.29) is 17.3 Å². The number of rotatable bonds is 5. The molecule has 84 valence electrons. The third-order valence-electron chi connectivity index (χ3n) is 1.86. The molecular formula is C10H13ClO3S. The van der Waals surface area contributed by atoms with Crippen LogP contribution in [0.3, 0.4) is 0 Å². The lowest BCUT2D eigenvalue weighted by molar-refractivity contribution is 0.163. The molecular weight excluding hydrogens is 236 g/mol. The van der Waals surface area contributed by atoms with Crippen LogP contribution in [0, 0.1) is 0 Å². The normalized spacial score (nSPS) is 11.6. The van der Waals surface area contributed by atoms with Crippen molar-refractivity contribution in [2.75, 3.05) is 19.0 Å². The van der Waals surface area contributed by atoms with Gasteiger partial charge in [-0.05, 0) is 25.1 Å². The lowest BCUT2D eigenvalue weighted by Crippen LogP contribution is -2.12. The summed E-state index contributed by atoms with van der Waals surface area (Å²) in [5, 5.41) is 0.424. The quantitative estimate of drug-likeness (QED) is 0.750. The van der Waals surface area contributed by atoms with Crippen molar-refractivity contribution < 1.29 is 13.2 Å². The van der Waals surface area contributed by atoms with E-state index >= 15 is 0 Å². The van der Waals surface area contributed by atoms with E-state index in [2.05, 4.69) is 0 Å². The summed E-state index contributed by atoms with van der Waals surface area (Å²) >= 11 is 5.72. The van der Waals surface area contributed by atoms with Crippen LogP contribution in [0.1, 0.15) is 6.92 Å². The van der Waals surface area contributed by atoms with Crippen LogP contribution < -0.4 is 0 Å². The second kappa shape index (κ2) is 5.49. The Morgan fingerprint density at radius 1 is 1.40 bits per heavy atom. The van der Waals surface area contributed by atoms with Gasteiger partial charge in [0.25, 0.3) is 0 Å². The van der Waals surface area contributed by atoms with E-state index in [0.717, 1.165) is 0 Å². The first-order chi connectivity index (χ1) is 7.06. The number of hydrogen-bond acceptors (Lipinski definition) is 3. The number of ether oxygens (including phenoxy) is 1. The van der Waals surface area contributed by atoms with Crippen LogP contribution in [0.25, 0.3) is 0 Å². The molecule has 0 radical (unpaired) electrons. The van der Waals surface area contributed by atoms with E-state index in [9.17, 15) is 8.42 Å². The van der Waals surface area contributed by atoms with E-state index in [1.165, 1.54) is 12.1 Å². The Balaban J connectivity index is 2.77. The number of halogens is 1. The van der Waals surface area contributed by atoms with Crippen molar-refractivity contribution in [2.45, 2.75) is 11.8 Å². The van der Waals surface area contributed by atoms with Gasteiger partial charge in [0, 0.05) is 11.6 Å². The smallest absolute Gasteiger partial charge is 0.180 e. The molecule has 0 bridgehead atoms. The fraction of sp³-hybridized carbons (Fsp3) is 0.400. The molecule has 0 amide bonds. The topological polar surface area (TPSA) is 43.4 Å². The molecule has 0 spiro atoms. The first kappa shape index (κ1) is 12.5. The van der Waals surface area contributed by atoms with Gasteiger partial charge in [0.05, 0.1) is 17.3 Å². The minimum absolute atomic E-state index is 0.0127. The third-order valence-corrected chi connectivity index (χ3v) is 3.77. The van der Waals surface area contributed by atoms with Gasteiger partial charge in [-0.3, -0.25) is 0 Å². The lowest BCUT2D eigenvalue weighted by Gasteiger charge is -2.04. The van der Waals surface area contributed by atoms with Crippen LogP contribution >= 0.6 is 11.6 Å². The molecule has 1 aromatic carbocycles. The second-order valence-corrected chi connectivity index (χ2v) is 5.52. The zero-order chi connectivity index (χ0) is 11.3. The molecule has 0 atom stereocenters. The summed E-state index contributed by atoms with van der Waals surface area (Å²) in [6.07, 6.45) is 0. The van der Waals surface area contributed by atoms with Crippen molar-refractivity contribution in [3.8, 4) is 0 Å². The Bertz CT molecular complexity index is 414. The monoisotopic (exact) mass is 248 g/mol. The van der Waals surface area contributed by atoms with Crippen LogP contribution in [-0.4, -0.2) is 27.4 Å². The summed E-state index contributed by atoms with van der Waals surface area (Å²) in [7, 11) is -3.26. The van der Waals surface area contributed by atoms with Gasteiger partial charge in [-0.2, -0.15) is 0 Å². The predicted octanol–water partition coefficient (Wildman–Crippen LogP) is 2.15. The summed E-state index contributed by atoms with van der Waals surface area (Å²) in [5.74, 6) is -0.0127. The SMILES string of the molecule is CCOCCS(=O)(=O)c1cccc(Cl)c1. The lowest BCUT2D eigenvalue weighted by atomic mass is 10.4. The predicted molar refractivity (Wildman–Crippen MR) is 60.0 cm³/mol. The van der Waals surface area contributed by atoms with E-state index in [0.29, 0.717) is 11.6 Å². The fourth-order valence-electron chi connectivity index (χ4n) is 1.09. The molecule has 1 aromatic rings. The second-order valence-electron chi connectivity index (χ2n) is 2.97. The Kier molecular flexibility index (Phi) is 4.57. The molecule has 0 unspecified atom stereocenters. The van der Waals surface area contributed by atoms with E-state index < -0.39 is 9.84 Å². The molecule has 15 heavy (non-hydrogen) atoms. The molecule has 5 heteroatoms. The Labute approximate surface area is 94.9 Å². The van der Waals surface area contributed by atoms with Crippen LogP contribution in [0.15, 0.2) is 29.2 Å². The molecule has 0 heterocycles. The highest BCUT2D eigenvalue weighted by atomic mass is 35.5. The molecule has 0 fully saturated rings. The largest absolute Gasteiger partial charge is 0.381 e. The zero-order valence-corrected chi connectivity index (χ0v) is 10.0. The maximum absolute atomic E-state index is 11.7. The minimum Gasteiger partial charge on any atom is -0.381 e. The summed E-state index contributed by atoms with van der Waals surface area (Å²) in [4.78, 5) is 0.245. The van der Waals surface area contributed by atoms with Gasteiger partial charge in [-0.15, -0.1) is 0 Å². The molecule has 0 saturated carbocycles. The Morgan fingerprint density at radius 3 is 2.73 bits per heavy atom. The van der Waals surface area contributed by atoms with Crippen molar-refractivity contribution in [2.24, 2.45) is 0 Å². The van der Waals surface area contributed by atoms with Gasteiger partial charge in [0.1, 0.15) is 0 Å². The number of hydrogen-bond donors (Lipinski definition) is 0. The molecule has 0 saturated heterocycles. The highest BCUT2D eigenvalue weighted by molar-refractivity contribution is 7.91. The maximum atomic E-state index is 11.7. The Morgan fingerprint density at radius 2 is 2.13 bits per heavy atom. The average Bonchev–Trinajstić information content (AvgIpc) is 2.18. The summed E-state index contributed by atoms with van der Waals surface area (Å²) < 4.78 is 28.5. The third kappa shape index (κ3) is 3.81. The van der Waals surface area contributed by atoms with E-state index in [1.807, 2.05) is 6.92 Å². The zero-order valence-electron chi connectivity index (χ0n) is 8.44. The van der Waals surface area contributed by atoms with Crippen LogP contribution in [-0.2, 0) is 14.6 Å². The first-order valence-corrected chi connectivity index (χ1v) is 6.65. The van der Waals surface area contributed by atoms with Crippen molar-refractivity contribution >= 4 is 21.4 Å². The Hall–Kier alpha value is -0.580. The van der Waals surface area contributed by atoms with Gasteiger partial charge in [-0.25, -0.2) is 8.42 Å². The van der Waals surface area contributed by atoms with E-state index in [4.69, 9.17) is 16.3 Å². The van der Waals surface area contributed by atoms with Gasteiger partial charge in [-0.1, -0.05) is 17.7 Å². The summed E-state index contributed by atoms with van der Waals surface area (Å²) in [6, 6.07) is 6.25.